The SMILES string of the molecule is CC(=O)C(Cc1cc(C)ccc1Br)C(=O)C1CC1. The molecule has 0 aliphatic heterocycles. The van der Waals surface area contributed by atoms with E-state index in [9.17, 15) is 9.59 Å². The Balaban J connectivity index is 2.20. The van der Waals surface area contributed by atoms with Gasteiger partial charge in [0.2, 0.25) is 0 Å². The summed E-state index contributed by atoms with van der Waals surface area (Å²) in [6.07, 6.45) is 2.43. The van der Waals surface area contributed by atoms with Crippen molar-refractivity contribution in [3.63, 3.8) is 0 Å². The first-order valence-electron chi connectivity index (χ1n) is 6.28. The third-order valence-corrected chi connectivity index (χ3v) is 4.21. The minimum absolute atomic E-state index is 0.0136. The molecule has 1 aromatic carbocycles. The van der Waals surface area contributed by atoms with Crippen LogP contribution >= 0.6 is 15.9 Å². The van der Waals surface area contributed by atoms with E-state index in [-0.39, 0.29) is 17.5 Å². The normalized spacial score (nSPS) is 16.4. The molecular weight excluding hydrogens is 292 g/mol. The number of ketones is 2. The maximum atomic E-state index is 12.1. The second kappa shape index (κ2) is 5.35. The van der Waals surface area contributed by atoms with Gasteiger partial charge in [-0.1, -0.05) is 33.6 Å². The molecule has 0 spiro atoms. The molecule has 1 atom stereocenters. The molecule has 96 valence electrons. The highest BCUT2D eigenvalue weighted by Crippen LogP contribution is 2.34. The molecule has 2 rings (SSSR count). The van der Waals surface area contributed by atoms with E-state index >= 15 is 0 Å². The van der Waals surface area contributed by atoms with Crippen LogP contribution in [0.15, 0.2) is 22.7 Å². The van der Waals surface area contributed by atoms with E-state index in [1.54, 1.807) is 0 Å². The van der Waals surface area contributed by atoms with E-state index in [0.717, 1.165) is 28.4 Å². The van der Waals surface area contributed by atoms with Crippen molar-refractivity contribution in [3.8, 4) is 0 Å². The third-order valence-electron chi connectivity index (χ3n) is 3.44. The van der Waals surface area contributed by atoms with Crippen LogP contribution in [0.25, 0.3) is 0 Å². The minimum atomic E-state index is -0.462. The first kappa shape index (κ1) is 13.5. The average molecular weight is 309 g/mol. The monoisotopic (exact) mass is 308 g/mol. The zero-order chi connectivity index (χ0) is 13.3. The number of carbonyl (C=O) groups is 2. The van der Waals surface area contributed by atoms with Gasteiger partial charge < -0.3 is 0 Å². The maximum Gasteiger partial charge on any atom is 0.146 e. The topological polar surface area (TPSA) is 34.1 Å². The zero-order valence-electron chi connectivity index (χ0n) is 10.7. The quantitative estimate of drug-likeness (QED) is 0.780. The lowest BCUT2D eigenvalue weighted by atomic mass is 9.89. The molecule has 3 heteroatoms. The van der Waals surface area contributed by atoms with E-state index < -0.39 is 5.92 Å². The highest BCUT2D eigenvalue weighted by atomic mass is 79.9. The number of hydrogen-bond donors (Lipinski definition) is 0. The van der Waals surface area contributed by atoms with Crippen molar-refractivity contribution < 1.29 is 9.59 Å². The van der Waals surface area contributed by atoms with Gasteiger partial charge in [0.25, 0.3) is 0 Å². The van der Waals surface area contributed by atoms with Crippen LogP contribution in [0.1, 0.15) is 30.9 Å². The highest BCUT2D eigenvalue weighted by Gasteiger charge is 2.36. The fraction of sp³-hybridized carbons (Fsp3) is 0.467. The lowest BCUT2D eigenvalue weighted by Gasteiger charge is -2.14. The fourth-order valence-corrected chi connectivity index (χ4v) is 2.59. The summed E-state index contributed by atoms with van der Waals surface area (Å²) in [6.45, 7) is 3.54. The van der Waals surface area contributed by atoms with Gasteiger partial charge in [0.05, 0.1) is 5.92 Å². The Morgan fingerprint density at radius 2 is 2.06 bits per heavy atom. The summed E-state index contributed by atoms with van der Waals surface area (Å²) in [4.78, 5) is 23.8. The molecule has 2 nitrogen and oxygen atoms in total. The Kier molecular flexibility index (Phi) is 4.00. The van der Waals surface area contributed by atoms with E-state index in [4.69, 9.17) is 0 Å². The molecule has 0 amide bonds. The maximum absolute atomic E-state index is 12.1. The fourth-order valence-electron chi connectivity index (χ4n) is 2.18. The summed E-state index contributed by atoms with van der Waals surface area (Å²) in [5.74, 6) is -0.200. The van der Waals surface area contributed by atoms with Gasteiger partial charge in [-0.3, -0.25) is 9.59 Å². The smallest absolute Gasteiger partial charge is 0.146 e. The Bertz CT molecular complexity index is 489. The van der Waals surface area contributed by atoms with E-state index in [0.29, 0.717) is 6.42 Å². The summed E-state index contributed by atoms with van der Waals surface area (Å²) in [7, 11) is 0. The van der Waals surface area contributed by atoms with Crippen molar-refractivity contribution in [2.24, 2.45) is 11.8 Å². The molecule has 1 aromatic rings. The van der Waals surface area contributed by atoms with Crippen LogP contribution in [0, 0.1) is 18.8 Å². The van der Waals surface area contributed by atoms with Crippen LogP contribution in [0.5, 0.6) is 0 Å². The molecule has 0 radical (unpaired) electrons. The summed E-state index contributed by atoms with van der Waals surface area (Å²) in [6, 6.07) is 6.03. The number of hydrogen-bond acceptors (Lipinski definition) is 2. The van der Waals surface area contributed by atoms with Gasteiger partial charge in [-0.15, -0.1) is 0 Å². The molecule has 0 aromatic heterocycles. The molecule has 1 unspecified atom stereocenters. The molecule has 1 fully saturated rings. The predicted octanol–water partition coefficient (Wildman–Crippen LogP) is 3.48. The van der Waals surface area contributed by atoms with Gasteiger partial charge in [0.1, 0.15) is 11.6 Å². The Morgan fingerprint density at radius 1 is 1.39 bits per heavy atom. The Hall–Kier alpha value is -0.960. The summed E-state index contributed by atoms with van der Waals surface area (Å²) in [5.41, 5.74) is 2.19. The van der Waals surface area contributed by atoms with Crippen LogP contribution in [0.4, 0.5) is 0 Å². The molecule has 18 heavy (non-hydrogen) atoms. The average Bonchev–Trinajstić information content (AvgIpc) is 3.13. The zero-order valence-corrected chi connectivity index (χ0v) is 12.3. The molecular formula is C15H17BrO2. The number of rotatable bonds is 5. The van der Waals surface area contributed by atoms with Gasteiger partial charge in [-0.2, -0.15) is 0 Å². The molecule has 1 aliphatic carbocycles. The largest absolute Gasteiger partial charge is 0.299 e. The number of benzene rings is 1. The van der Waals surface area contributed by atoms with Crippen molar-refractivity contribution in [3.05, 3.63) is 33.8 Å². The second-order valence-corrected chi connectivity index (χ2v) is 5.99. The van der Waals surface area contributed by atoms with Crippen LogP contribution in [-0.4, -0.2) is 11.6 Å². The van der Waals surface area contributed by atoms with Crippen LogP contribution in [-0.2, 0) is 16.0 Å². The van der Waals surface area contributed by atoms with Crippen molar-refractivity contribution in [2.75, 3.05) is 0 Å². The molecule has 1 aliphatic rings. The molecule has 0 saturated heterocycles. The highest BCUT2D eigenvalue weighted by molar-refractivity contribution is 9.10. The van der Waals surface area contributed by atoms with Gasteiger partial charge in [-0.05, 0) is 44.7 Å². The summed E-state index contributed by atoms with van der Waals surface area (Å²) < 4.78 is 0.975. The first-order valence-corrected chi connectivity index (χ1v) is 7.07. The number of Topliss-reactive ketones (excluding diaryl/α,β-unsaturated/α-hetero) is 2. The van der Waals surface area contributed by atoms with Crippen LogP contribution in [0.3, 0.4) is 0 Å². The molecule has 0 heterocycles. The third kappa shape index (κ3) is 3.08. The van der Waals surface area contributed by atoms with Gasteiger partial charge >= 0.3 is 0 Å². The van der Waals surface area contributed by atoms with Crippen LogP contribution < -0.4 is 0 Å². The van der Waals surface area contributed by atoms with Crippen molar-refractivity contribution in [2.45, 2.75) is 33.1 Å². The number of aryl methyl sites for hydroxylation is 1. The lowest BCUT2D eigenvalue weighted by Crippen LogP contribution is -2.25. The Labute approximate surface area is 116 Å². The number of carbonyl (C=O) groups excluding carboxylic acids is 2. The van der Waals surface area contributed by atoms with Crippen molar-refractivity contribution in [1.82, 2.24) is 0 Å². The van der Waals surface area contributed by atoms with E-state index in [1.165, 1.54) is 6.92 Å². The standard InChI is InChI=1S/C15H17BrO2/c1-9-3-6-14(16)12(7-9)8-13(10(2)17)15(18)11-4-5-11/h3,6-7,11,13H,4-5,8H2,1-2H3. The molecule has 1 saturated carbocycles. The van der Waals surface area contributed by atoms with Crippen LogP contribution in [0.2, 0.25) is 0 Å². The number of halogens is 1. The Morgan fingerprint density at radius 3 is 2.61 bits per heavy atom. The van der Waals surface area contributed by atoms with Crippen molar-refractivity contribution >= 4 is 27.5 Å². The predicted molar refractivity (Wildman–Crippen MR) is 74.5 cm³/mol. The summed E-state index contributed by atoms with van der Waals surface area (Å²) in [5, 5.41) is 0. The molecule has 0 N–H and O–H groups in total. The van der Waals surface area contributed by atoms with E-state index in [2.05, 4.69) is 15.9 Å². The van der Waals surface area contributed by atoms with Gasteiger partial charge in [-0.25, -0.2) is 0 Å². The summed E-state index contributed by atoms with van der Waals surface area (Å²) >= 11 is 3.49. The lowest BCUT2D eigenvalue weighted by molar-refractivity contribution is -0.132. The van der Waals surface area contributed by atoms with Gasteiger partial charge in [0, 0.05) is 10.4 Å². The van der Waals surface area contributed by atoms with E-state index in [1.807, 2.05) is 25.1 Å². The first-order chi connectivity index (χ1) is 8.49. The van der Waals surface area contributed by atoms with Crippen molar-refractivity contribution in [1.29, 1.82) is 0 Å². The van der Waals surface area contributed by atoms with Gasteiger partial charge in [0.15, 0.2) is 0 Å². The second-order valence-electron chi connectivity index (χ2n) is 5.14. The molecule has 0 bridgehead atoms. The minimum Gasteiger partial charge on any atom is -0.299 e.